The van der Waals surface area contributed by atoms with E-state index in [-0.39, 0.29) is 5.56 Å². The molecule has 16 heavy (non-hydrogen) atoms. The number of aromatic nitrogens is 2. The van der Waals surface area contributed by atoms with Crippen molar-refractivity contribution in [2.24, 2.45) is 5.92 Å². The van der Waals surface area contributed by atoms with Crippen molar-refractivity contribution in [3.63, 3.8) is 0 Å². The number of rotatable bonds is 2. The lowest BCUT2D eigenvalue weighted by Gasteiger charge is -2.27. The van der Waals surface area contributed by atoms with E-state index in [0.29, 0.717) is 5.92 Å². The Labute approximate surface area is 96.3 Å². The number of aryl methyl sites for hydroxylation is 1. The van der Waals surface area contributed by atoms with E-state index in [1.54, 1.807) is 6.07 Å². The van der Waals surface area contributed by atoms with E-state index < -0.39 is 0 Å². The first-order valence-corrected chi connectivity index (χ1v) is 6.27. The molecule has 0 spiro atoms. The van der Waals surface area contributed by atoms with Crippen LogP contribution in [0.4, 0.5) is 0 Å². The van der Waals surface area contributed by atoms with Crippen LogP contribution < -0.4 is 5.56 Å². The van der Waals surface area contributed by atoms with Gasteiger partial charge in [0.25, 0.3) is 5.56 Å². The molecule has 0 amide bonds. The standard InChI is InChI=1S/C13H20N2O/c1-3-10-5-4-6-11(8-10)13-14-9(2)7-12(16)15-13/h7,10-11H,3-6,8H2,1-2H3,(H,14,15,16). The van der Waals surface area contributed by atoms with Crippen LogP contribution >= 0.6 is 0 Å². The van der Waals surface area contributed by atoms with Gasteiger partial charge < -0.3 is 4.98 Å². The molecule has 0 saturated heterocycles. The van der Waals surface area contributed by atoms with Crippen molar-refractivity contribution in [1.29, 1.82) is 0 Å². The fourth-order valence-electron chi connectivity index (χ4n) is 2.71. The minimum atomic E-state index is -0.0129. The van der Waals surface area contributed by atoms with Gasteiger partial charge in [-0.2, -0.15) is 0 Å². The zero-order valence-corrected chi connectivity index (χ0v) is 10.1. The van der Waals surface area contributed by atoms with Crippen molar-refractivity contribution < 1.29 is 0 Å². The molecule has 1 heterocycles. The monoisotopic (exact) mass is 220 g/mol. The second kappa shape index (κ2) is 4.81. The van der Waals surface area contributed by atoms with E-state index in [0.717, 1.165) is 17.4 Å². The number of H-pyrrole nitrogens is 1. The highest BCUT2D eigenvalue weighted by atomic mass is 16.1. The first-order chi connectivity index (χ1) is 7.69. The van der Waals surface area contributed by atoms with Crippen LogP contribution in [0, 0.1) is 12.8 Å². The Hall–Kier alpha value is -1.12. The highest BCUT2D eigenvalue weighted by Crippen LogP contribution is 2.35. The SMILES string of the molecule is CCC1CCCC(c2nc(C)cc(=O)[nH]2)C1. The van der Waals surface area contributed by atoms with Crippen LogP contribution in [0.15, 0.2) is 10.9 Å². The van der Waals surface area contributed by atoms with Gasteiger partial charge in [0, 0.05) is 17.7 Å². The molecule has 1 aromatic heterocycles. The first-order valence-electron chi connectivity index (χ1n) is 6.27. The van der Waals surface area contributed by atoms with Crippen molar-refractivity contribution >= 4 is 0 Å². The van der Waals surface area contributed by atoms with Crippen LogP contribution in [0.5, 0.6) is 0 Å². The number of aromatic amines is 1. The van der Waals surface area contributed by atoms with Crippen LogP contribution in [-0.4, -0.2) is 9.97 Å². The lowest BCUT2D eigenvalue weighted by molar-refractivity contribution is 0.306. The summed E-state index contributed by atoms with van der Waals surface area (Å²) in [5.41, 5.74) is 0.818. The Balaban J connectivity index is 2.19. The third kappa shape index (κ3) is 2.52. The van der Waals surface area contributed by atoms with E-state index in [2.05, 4.69) is 16.9 Å². The number of hydrogen-bond acceptors (Lipinski definition) is 2. The van der Waals surface area contributed by atoms with Gasteiger partial charge in [-0.25, -0.2) is 4.98 Å². The smallest absolute Gasteiger partial charge is 0.251 e. The summed E-state index contributed by atoms with van der Waals surface area (Å²) in [5.74, 6) is 2.18. The molecule has 0 radical (unpaired) electrons. The molecular weight excluding hydrogens is 200 g/mol. The van der Waals surface area contributed by atoms with Crippen LogP contribution in [0.1, 0.15) is 56.5 Å². The average molecular weight is 220 g/mol. The molecule has 1 aliphatic carbocycles. The van der Waals surface area contributed by atoms with E-state index >= 15 is 0 Å². The largest absolute Gasteiger partial charge is 0.310 e. The molecule has 3 heteroatoms. The van der Waals surface area contributed by atoms with Gasteiger partial charge in [0.2, 0.25) is 0 Å². The summed E-state index contributed by atoms with van der Waals surface area (Å²) < 4.78 is 0. The third-order valence-electron chi connectivity index (χ3n) is 3.63. The summed E-state index contributed by atoms with van der Waals surface area (Å²) in [7, 11) is 0. The van der Waals surface area contributed by atoms with Crippen molar-refractivity contribution in [2.75, 3.05) is 0 Å². The molecule has 2 atom stereocenters. The summed E-state index contributed by atoms with van der Waals surface area (Å²) >= 11 is 0. The van der Waals surface area contributed by atoms with Gasteiger partial charge in [0.15, 0.2) is 0 Å². The van der Waals surface area contributed by atoms with Crippen molar-refractivity contribution in [3.05, 3.63) is 27.9 Å². The van der Waals surface area contributed by atoms with Crippen LogP contribution in [0.3, 0.4) is 0 Å². The minimum Gasteiger partial charge on any atom is -0.310 e. The van der Waals surface area contributed by atoms with Crippen LogP contribution in [0.2, 0.25) is 0 Å². The number of nitrogens with one attached hydrogen (secondary N) is 1. The normalized spacial score (nSPS) is 25.6. The Morgan fingerprint density at radius 3 is 3.00 bits per heavy atom. The molecule has 1 saturated carbocycles. The van der Waals surface area contributed by atoms with Crippen LogP contribution in [-0.2, 0) is 0 Å². The third-order valence-corrected chi connectivity index (χ3v) is 3.63. The molecule has 1 aliphatic rings. The van der Waals surface area contributed by atoms with E-state index in [4.69, 9.17) is 0 Å². The summed E-state index contributed by atoms with van der Waals surface area (Å²) in [6.45, 7) is 4.14. The fraction of sp³-hybridized carbons (Fsp3) is 0.692. The molecule has 0 aliphatic heterocycles. The molecule has 1 N–H and O–H groups in total. The lowest BCUT2D eigenvalue weighted by Crippen LogP contribution is -2.19. The zero-order chi connectivity index (χ0) is 11.5. The number of nitrogens with zero attached hydrogens (tertiary/aromatic N) is 1. The topological polar surface area (TPSA) is 45.8 Å². The van der Waals surface area contributed by atoms with Crippen LogP contribution in [0.25, 0.3) is 0 Å². The molecule has 0 aromatic carbocycles. The maximum absolute atomic E-state index is 11.4. The molecule has 2 unspecified atom stereocenters. The maximum Gasteiger partial charge on any atom is 0.251 e. The van der Waals surface area contributed by atoms with Gasteiger partial charge in [0.1, 0.15) is 5.82 Å². The predicted octanol–water partition coefficient (Wildman–Crippen LogP) is 2.76. The highest BCUT2D eigenvalue weighted by molar-refractivity contribution is 5.05. The Morgan fingerprint density at radius 2 is 2.31 bits per heavy atom. The van der Waals surface area contributed by atoms with Gasteiger partial charge >= 0.3 is 0 Å². The lowest BCUT2D eigenvalue weighted by atomic mass is 9.80. The summed E-state index contributed by atoms with van der Waals surface area (Å²) in [4.78, 5) is 18.8. The first kappa shape index (κ1) is 11.4. The second-order valence-electron chi connectivity index (χ2n) is 4.91. The van der Waals surface area contributed by atoms with Crippen molar-refractivity contribution in [2.45, 2.75) is 51.9 Å². The molecule has 2 rings (SSSR count). The maximum atomic E-state index is 11.4. The van der Waals surface area contributed by atoms with E-state index in [1.807, 2.05) is 6.92 Å². The number of hydrogen-bond donors (Lipinski definition) is 1. The fourth-order valence-corrected chi connectivity index (χ4v) is 2.71. The van der Waals surface area contributed by atoms with Crippen molar-refractivity contribution in [1.82, 2.24) is 9.97 Å². The summed E-state index contributed by atoms with van der Waals surface area (Å²) in [6, 6.07) is 1.56. The molecule has 3 nitrogen and oxygen atoms in total. The molecular formula is C13H20N2O. The van der Waals surface area contributed by atoms with Gasteiger partial charge in [-0.05, 0) is 25.7 Å². The van der Waals surface area contributed by atoms with Crippen molar-refractivity contribution in [3.8, 4) is 0 Å². The molecule has 88 valence electrons. The van der Waals surface area contributed by atoms with Gasteiger partial charge in [-0.3, -0.25) is 4.79 Å². The minimum absolute atomic E-state index is 0.0129. The van der Waals surface area contributed by atoms with Gasteiger partial charge in [0.05, 0.1) is 0 Å². The summed E-state index contributed by atoms with van der Waals surface area (Å²) in [6.07, 6.45) is 6.20. The van der Waals surface area contributed by atoms with Gasteiger partial charge in [-0.15, -0.1) is 0 Å². The molecule has 1 aromatic rings. The molecule has 0 bridgehead atoms. The Morgan fingerprint density at radius 1 is 1.50 bits per heavy atom. The quantitative estimate of drug-likeness (QED) is 0.833. The highest BCUT2D eigenvalue weighted by Gasteiger charge is 2.23. The molecule has 1 fully saturated rings. The Kier molecular flexibility index (Phi) is 3.42. The van der Waals surface area contributed by atoms with E-state index in [1.165, 1.54) is 32.1 Å². The average Bonchev–Trinajstić information content (AvgIpc) is 2.28. The van der Waals surface area contributed by atoms with Gasteiger partial charge in [-0.1, -0.05) is 26.2 Å². The predicted molar refractivity (Wildman–Crippen MR) is 64.6 cm³/mol. The Bertz CT molecular complexity index is 411. The summed E-state index contributed by atoms with van der Waals surface area (Å²) in [5, 5.41) is 0. The second-order valence-corrected chi connectivity index (χ2v) is 4.91. The van der Waals surface area contributed by atoms with E-state index in [9.17, 15) is 4.79 Å². The zero-order valence-electron chi connectivity index (χ0n) is 10.1.